The van der Waals surface area contributed by atoms with E-state index in [1.165, 1.54) is 31.4 Å². The Labute approximate surface area is 121 Å². The molecular weight excluding hydrogens is 256 g/mol. The fourth-order valence-electron chi connectivity index (χ4n) is 2.39. The maximum absolute atomic E-state index is 13.9. The van der Waals surface area contributed by atoms with Crippen molar-refractivity contribution < 1.29 is 8.78 Å². The summed E-state index contributed by atoms with van der Waals surface area (Å²) < 4.78 is 27.4. The van der Waals surface area contributed by atoms with Gasteiger partial charge in [-0.15, -0.1) is 0 Å². The minimum Gasteiger partial charge on any atom is -0.310 e. The first-order valence-corrected chi connectivity index (χ1v) is 7.68. The molecule has 0 spiro atoms. The third-order valence-corrected chi connectivity index (χ3v) is 4.00. The van der Waals surface area contributed by atoms with Gasteiger partial charge in [-0.05, 0) is 50.4 Å². The number of hydrogen-bond acceptors (Lipinski definition) is 1. The minimum atomic E-state index is -0.340. The number of unbranched alkanes of at least 4 members (excludes halogenated alkanes) is 1. The average Bonchev–Trinajstić information content (AvgIpc) is 2.42. The van der Waals surface area contributed by atoms with Crippen molar-refractivity contribution >= 4 is 0 Å². The van der Waals surface area contributed by atoms with Crippen LogP contribution in [0.1, 0.15) is 63.6 Å². The molecule has 0 saturated carbocycles. The van der Waals surface area contributed by atoms with Crippen LogP contribution < -0.4 is 5.32 Å². The van der Waals surface area contributed by atoms with Crippen molar-refractivity contribution in [2.45, 2.75) is 59.4 Å². The summed E-state index contributed by atoms with van der Waals surface area (Å²) >= 11 is 0. The molecule has 0 aliphatic rings. The second-order valence-corrected chi connectivity index (χ2v) is 5.67. The van der Waals surface area contributed by atoms with Crippen molar-refractivity contribution in [2.75, 3.05) is 6.54 Å². The molecule has 114 valence electrons. The van der Waals surface area contributed by atoms with Crippen LogP contribution in [0.15, 0.2) is 12.1 Å². The van der Waals surface area contributed by atoms with Crippen molar-refractivity contribution in [3.8, 4) is 0 Å². The topological polar surface area (TPSA) is 12.0 Å². The van der Waals surface area contributed by atoms with Gasteiger partial charge in [0.2, 0.25) is 0 Å². The Morgan fingerprint density at radius 2 is 1.85 bits per heavy atom. The standard InChI is InChI=1S/C17H27F2N/c1-5-7-8-14(6-2)11-20-13(4)15-10-16(18)12(3)9-17(15)19/h9-10,13-14,20H,5-8,11H2,1-4H3. The molecule has 0 aromatic heterocycles. The van der Waals surface area contributed by atoms with E-state index in [2.05, 4.69) is 19.2 Å². The highest BCUT2D eigenvalue weighted by Crippen LogP contribution is 2.21. The molecule has 1 N–H and O–H groups in total. The SMILES string of the molecule is CCCCC(CC)CNC(C)c1cc(F)c(C)cc1F. The number of halogens is 2. The lowest BCUT2D eigenvalue weighted by Crippen LogP contribution is -2.26. The van der Waals surface area contributed by atoms with Gasteiger partial charge in [0.1, 0.15) is 11.6 Å². The van der Waals surface area contributed by atoms with Gasteiger partial charge in [0, 0.05) is 11.6 Å². The summed E-state index contributed by atoms with van der Waals surface area (Å²) in [6, 6.07) is 2.42. The van der Waals surface area contributed by atoms with Crippen molar-refractivity contribution in [2.24, 2.45) is 5.92 Å². The number of nitrogens with one attached hydrogen (secondary N) is 1. The highest BCUT2D eigenvalue weighted by atomic mass is 19.1. The largest absolute Gasteiger partial charge is 0.310 e. The fraction of sp³-hybridized carbons (Fsp3) is 0.647. The lowest BCUT2D eigenvalue weighted by Gasteiger charge is -2.20. The van der Waals surface area contributed by atoms with Crippen LogP contribution in [0.4, 0.5) is 8.78 Å². The molecule has 0 aliphatic heterocycles. The van der Waals surface area contributed by atoms with Crippen molar-refractivity contribution in [3.63, 3.8) is 0 Å². The van der Waals surface area contributed by atoms with Crippen LogP contribution >= 0.6 is 0 Å². The summed E-state index contributed by atoms with van der Waals surface area (Å²) in [5.41, 5.74) is 0.770. The fourth-order valence-corrected chi connectivity index (χ4v) is 2.39. The zero-order valence-corrected chi connectivity index (χ0v) is 13.1. The van der Waals surface area contributed by atoms with E-state index in [9.17, 15) is 8.78 Å². The van der Waals surface area contributed by atoms with E-state index in [1.54, 1.807) is 6.92 Å². The molecule has 1 aromatic carbocycles. The molecule has 1 nitrogen and oxygen atoms in total. The summed E-state index contributed by atoms with van der Waals surface area (Å²) in [5.74, 6) is -0.0608. The molecule has 0 saturated heterocycles. The summed E-state index contributed by atoms with van der Waals surface area (Å²) in [6.45, 7) is 8.69. The van der Waals surface area contributed by atoms with E-state index in [0.29, 0.717) is 17.0 Å². The lowest BCUT2D eigenvalue weighted by molar-refractivity contribution is 0.393. The number of hydrogen-bond donors (Lipinski definition) is 1. The second-order valence-electron chi connectivity index (χ2n) is 5.67. The summed E-state index contributed by atoms with van der Waals surface area (Å²) in [5, 5.41) is 3.34. The molecule has 1 rings (SSSR count). The Kier molecular flexibility index (Phi) is 7.14. The Bertz CT molecular complexity index is 418. The van der Waals surface area contributed by atoms with E-state index < -0.39 is 0 Å². The van der Waals surface area contributed by atoms with E-state index in [4.69, 9.17) is 0 Å². The van der Waals surface area contributed by atoms with E-state index in [-0.39, 0.29) is 17.7 Å². The van der Waals surface area contributed by atoms with Crippen LogP contribution in [0.2, 0.25) is 0 Å². The molecule has 20 heavy (non-hydrogen) atoms. The molecule has 0 heterocycles. The Morgan fingerprint density at radius 1 is 1.15 bits per heavy atom. The normalized spacial score (nSPS) is 14.3. The Hall–Kier alpha value is -0.960. The molecule has 1 aromatic rings. The van der Waals surface area contributed by atoms with E-state index in [1.807, 2.05) is 6.92 Å². The first kappa shape index (κ1) is 17.1. The quantitative estimate of drug-likeness (QED) is 0.696. The van der Waals surface area contributed by atoms with Gasteiger partial charge in [-0.2, -0.15) is 0 Å². The molecule has 2 atom stereocenters. The lowest BCUT2D eigenvalue weighted by atomic mass is 9.98. The highest BCUT2D eigenvalue weighted by Gasteiger charge is 2.15. The zero-order valence-electron chi connectivity index (χ0n) is 13.1. The molecule has 0 aliphatic carbocycles. The van der Waals surface area contributed by atoms with Crippen molar-refractivity contribution in [1.82, 2.24) is 5.32 Å². The summed E-state index contributed by atoms with van der Waals surface area (Å²) in [4.78, 5) is 0. The maximum atomic E-state index is 13.9. The van der Waals surface area contributed by atoms with Gasteiger partial charge >= 0.3 is 0 Å². The third kappa shape index (κ3) is 4.86. The highest BCUT2D eigenvalue weighted by molar-refractivity contribution is 5.27. The maximum Gasteiger partial charge on any atom is 0.128 e. The van der Waals surface area contributed by atoms with Crippen molar-refractivity contribution in [1.29, 1.82) is 0 Å². The number of aryl methyl sites for hydroxylation is 1. The summed E-state index contributed by atoms with van der Waals surface area (Å²) in [7, 11) is 0. The molecule has 0 fully saturated rings. The van der Waals surface area contributed by atoms with Crippen molar-refractivity contribution in [3.05, 3.63) is 34.9 Å². The van der Waals surface area contributed by atoms with Crippen LogP contribution in [-0.4, -0.2) is 6.54 Å². The molecule has 0 amide bonds. The van der Waals surface area contributed by atoms with Crippen LogP contribution in [0, 0.1) is 24.5 Å². The van der Waals surface area contributed by atoms with Crippen LogP contribution in [-0.2, 0) is 0 Å². The Morgan fingerprint density at radius 3 is 2.45 bits per heavy atom. The molecule has 0 radical (unpaired) electrons. The van der Waals surface area contributed by atoms with Gasteiger partial charge in [-0.1, -0.05) is 33.1 Å². The van der Waals surface area contributed by atoms with Gasteiger partial charge in [0.25, 0.3) is 0 Å². The Balaban J connectivity index is 2.62. The van der Waals surface area contributed by atoms with Gasteiger partial charge in [0.15, 0.2) is 0 Å². The zero-order chi connectivity index (χ0) is 15.1. The van der Waals surface area contributed by atoms with E-state index >= 15 is 0 Å². The number of rotatable bonds is 8. The predicted octanol–water partition coefficient (Wildman–Crippen LogP) is 5.14. The van der Waals surface area contributed by atoms with Gasteiger partial charge in [0.05, 0.1) is 0 Å². The second kappa shape index (κ2) is 8.35. The summed E-state index contributed by atoms with van der Waals surface area (Å²) in [6.07, 6.45) is 4.73. The first-order chi connectivity index (χ1) is 9.49. The van der Waals surface area contributed by atoms with Crippen LogP contribution in [0.5, 0.6) is 0 Å². The predicted molar refractivity (Wildman–Crippen MR) is 80.8 cm³/mol. The smallest absolute Gasteiger partial charge is 0.128 e. The van der Waals surface area contributed by atoms with Crippen LogP contribution in [0.3, 0.4) is 0 Å². The number of benzene rings is 1. The van der Waals surface area contributed by atoms with E-state index in [0.717, 1.165) is 13.0 Å². The van der Waals surface area contributed by atoms with Gasteiger partial charge in [-0.25, -0.2) is 8.78 Å². The minimum absolute atomic E-state index is 0.166. The molecular formula is C17H27F2N. The molecule has 2 unspecified atom stereocenters. The van der Waals surface area contributed by atoms with Gasteiger partial charge in [-0.3, -0.25) is 0 Å². The molecule has 3 heteroatoms. The third-order valence-electron chi connectivity index (χ3n) is 4.00. The van der Waals surface area contributed by atoms with Crippen LogP contribution in [0.25, 0.3) is 0 Å². The van der Waals surface area contributed by atoms with Gasteiger partial charge < -0.3 is 5.32 Å². The average molecular weight is 283 g/mol. The molecule has 0 bridgehead atoms. The first-order valence-electron chi connectivity index (χ1n) is 7.68. The monoisotopic (exact) mass is 283 g/mol.